The normalized spacial score (nSPS) is 10.6. The first kappa shape index (κ1) is 19.2. The molecule has 0 aliphatic rings. The van der Waals surface area contributed by atoms with Gasteiger partial charge in [0.1, 0.15) is 11.6 Å². The number of amides is 1. The lowest BCUT2D eigenvalue weighted by Crippen LogP contribution is -2.23. The van der Waals surface area contributed by atoms with E-state index < -0.39 is 0 Å². The number of terminal acetylenes is 1. The lowest BCUT2D eigenvalue weighted by atomic mass is 10.0. The number of aromatic nitrogens is 2. The van der Waals surface area contributed by atoms with Gasteiger partial charge in [-0.1, -0.05) is 5.92 Å². The van der Waals surface area contributed by atoms with Gasteiger partial charge >= 0.3 is 0 Å². The highest BCUT2D eigenvalue weighted by molar-refractivity contribution is 5.98. The van der Waals surface area contributed by atoms with E-state index in [9.17, 15) is 13.6 Å². The van der Waals surface area contributed by atoms with E-state index in [1.54, 1.807) is 42.5 Å². The lowest BCUT2D eigenvalue weighted by molar-refractivity contribution is 0.0959. The topological polar surface area (TPSA) is 54.9 Å². The molecule has 0 saturated heterocycles. The number of carbonyl (C=O) groups excluding carboxylic acids is 1. The fourth-order valence-corrected chi connectivity index (χ4v) is 3.05. The lowest BCUT2D eigenvalue weighted by Gasteiger charge is -2.11. The molecule has 0 saturated carbocycles. The Labute approximate surface area is 171 Å². The summed E-state index contributed by atoms with van der Waals surface area (Å²) >= 11 is 0. The average molecular weight is 399 g/mol. The third-order valence-corrected chi connectivity index (χ3v) is 4.51. The number of rotatable bonds is 4. The van der Waals surface area contributed by atoms with Crippen molar-refractivity contribution >= 4 is 16.9 Å². The van der Waals surface area contributed by atoms with Crippen LogP contribution in [-0.2, 0) is 0 Å². The molecule has 3 aromatic carbocycles. The standard InChI is InChI=1S/C24H15F2N3O/c1-2-13-27-24(30)17-7-12-20-21(14-17)29-23(16-5-10-19(26)11-6-16)22(28-20)15-3-8-18(25)9-4-15/h1,3-12,14H,13H2,(H,27,30). The molecular weight excluding hydrogens is 384 g/mol. The maximum atomic E-state index is 13.4. The van der Waals surface area contributed by atoms with Crippen LogP contribution in [0.3, 0.4) is 0 Å². The largest absolute Gasteiger partial charge is 0.341 e. The molecule has 0 spiro atoms. The Morgan fingerprint density at radius 1 is 0.833 bits per heavy atom. The van der Waals surface area contributed by atoms with Crippen LogP contribution >= 0.6 is 0 Å². The van der Waals surface area contributed by atoms with Gasteiger partial charge in [0.05, 0.1) is 29.0 Å². The van der Waals surface area contributed by atoms with Gasteiger partial charge in [-0.05, 0) is 66.7 Å². The first-order valence-corrected chi connectivity index (χ1v) is 9.10. The molecule has 4 rings (SSSR count). The summed E-state index contributed by atoms with van der Waals surface area (Å²) in [6, 6.07) is 16.7. The van der Waals surface area contributed by atoms with Gasteiger partial charge in [0.2, 0.25) is 0 Å². The van der Waals surface area contributed by atoms with Crippen LogP contribution in [0.15, 0.2) is 66.7 Å². The average Bonchev–Trinajstić information content (AvgIpc) is 2.77. The Bertz CT molecular complexity index is 1280. The van der Waals surface area contributed by atoms with Gasteiger partial charge in [-0.25, -0.2) is 18.7 Å². The summed E-state index contributed by atoms with van der Waals surface area (Å²) in [7, 11) is 0. The maximum absolute atomic E-state index is 13.4. The summed E-state index contributed by atoms with van der Waals surface area (Å²) in [4.78, 5) is 21.6. The number of hydrogen-bond donors (Lipinski definition) is 1. The molecule has 30 heavy (non-hydrogen) atoms. The van der Waals surface area contributed by atoms with E-state index in [4.69, 9.17) is 16.4 Å². The van der Waals surface area contributed by atoms with E-state index in [0.29, 0.717) is 39.1 Å². The molecule has 146 valence electrons. The number of fused-ring (bicyclic) bond motifs is 1. The van der Waals surface area contributed by atoms with Crippen molar-refractivity contribution in [2.45, 2.75) is 0 Å². The molecule has 0 radical (unpaired) electrons. The zero-order valence-electron chi connectivity index (χ0n) is 15.7. The van der Waals surface area contributed by atoms with Crippen LogP contribution in [-0.4, -0.2) is 22.4 Å². The molecule has 4 nitrogen and oxygen atoms in total. The number of nitrogens with zero attached hydrogens (tertiary/aromatic N) is 2. The fourth-order valence-electron chi connectivity index (χ4n) is 3.05. The van der Waals surface area contributed by atoms with Gasteiger partial charge in [0.25, 0.3) is 5.91 Å². The molecule has 6 heteroatoms. The second-order valence-corrected chi connectivity index (χ2v) is 6.52. The third kappa shape index (κ3) is 3.87. The number of hydrogen-bond acceptors (Lipinski definition) is 3. The van der Waals surface area contributed by atoms with Crippen LogP contribution in [0, 0.1) is 24.0 Å². The van der Waals surface area contributed by atoms with Crippen LogP contribution in [0.25, 0.3) is 33.5 Å². The van der Waals surface area contributed by atoms with Crippen LogP contribution in [0.4, 0.5) is 8.78 Å². The molecular formula is C24H15F2N3O. The van der Waals surface area contributed by atoms with E-state index in [0.717, 1.165) is 0 Å². The van der Waals surface area contributed by atoms with Crippen molar-refractivity contribution in [2.75, 3.05) is 6.54 Å². The number of benzene rings is 3. The van der Waals surface area contributed by atoms with Crippen LogP contribution in [0.2, 0.25) is 0 Å². The first-order chi connectivity index (χ1) is 14.5. The zero-order valence-corrected chi connectivity index (χ0v) is 15.7. The van der Waals surface area contributed by atoms with Gasteiger partial charge in [-0.3, -0.25) is 4.79 Å². The number of carbonyl (C=O) groups is 1. The highest BCUT2D eigenvalue weighted by Crippen LogP contribution is 2.31. The SMILES string of the molecule is C#CCNC(=O)c1ccc2nc(-c3ccc(F)cc3)c(-c3ccc(F)cc3)nc2c1. The second kappa shape index (κ2) is 8.10. The smallest absolute Gasteiger partial charge is 0.252 e. The third-order valence-electron chi connectivity index (χ3n) is 4.51. The molecule has 0 aliphatic heterocycles. The molecule has 0 unspecified atom stereocenters. The zero-order chi connectivity index (χ0) is 21.1. The summed E-state index contributed by atoms with van der Waals surface area (Å²) in [5.74, 6) is 1.30. The number of nitrogens with one attached hydrogen (secondary N) is 1. The van der Waals surface area contributed by atoms with E-state index in [1.807, 2.05) is 0 Å². The minimum Gasteiger partial charge on any atom is -0.341 e. The molecule has 1 amide bonds. The Morgan fingerprint density at radius 2 is 1.37 bits per heavy atom. The predicted octanol–water partition coefficient (Wildman–Crippen LogP) is 4.61. The highest BCUT2D eigenvalue weighted by atomic mass is 19.1. The van der Waals surface area contributed by atoms with Gasteiger partial charge in [-0.15, -0.1) is 6.42 Å². The second-order valence-electron chi connectivity index (χ2n) is 6.52. The van der Waals surface area contributed by atoms with E-state index >= 15 is 0 Å². The van der Waals surface area contributed by atoms with Crippen molar-refractivity contribution in [3.63, 3.8) is 0 Å². The molecule has 0 fully saturated rings. The molecule has 1 aromatic heterocycles. The van der Waals surface area contributed by atoms with Gasteiger partial charge < -0.3 is 5.32 Å². The Hall–Kier alpha value is -4.11. The van der Waals surface area contributed by atoms with E-state index in [-0.39, 0.29) is 24.1 Å². The van der Waals surface area contributed by atoms with Crippen LogP contribution in [0.1, 0.15) is 10.4 Å². The van der Waals surface area contributed by atoms with Crippen molar-refractivity contribution in [3.05, 3.63) is 83.9 Å². The highest BCUT2D eigenvalue weighted by Gasteiger charge is 2.15. The van der Waals surface area contributed by atoms with Gasteiger partial charge in [0, 0.05) is 16.7 Å². The summed E-state index contributed by atoms with van der Waals surface area (Å²) in [5.41, 5.74) is 3.79. The fraction of sp³-hybridized carbons (Fsp3) is 0.0417. The molecule has 0 aliphatic carbocycles. The van der Waals surface area contributed by atoms with Crippen LogP contribution in [0.5, 0.6) is 0 Å². The molecule has 0 atom stereocenters. The summed E-state index contributed by atoms with van der Waals surface area (Å²) in [5, 5.41) is 2.61. The Morgan fingerprint density at radius 3 is 1.90 bits per heavy atom. The van der Waals surface area contributed by atoms with Crippen molar-refractivity contribution in [2.24, 2.45) is 0 Å². The minimum atomic E-state index is -0.372. The quantitative estimate of drug-likeness (QED) is 0.510. The monoisotopic (exact) mass is 399 g/mol. The molecule has 1 heterocycles. The van der Waals surface area contributed by atoms with Crippen molar-refractivity contribution < 1.29 is 13.6 Å². The van der Waals surface area contributed by atoms with E-state index in [2.05, 4.69) is 11.2 Å². The Kier molecular flexibility index (Phi) is 5.19. The van der Waals surface area contributed by atoms with Crippen molar-refractivity contribution in [1.29, 1.82) is 0 Å². The summed E-state index contributed by atoms with van der Waals surface area (Å²) < 4.78 is 26.8. The van der Waals surface area contributed by atoms with Crippen molar-refractivity contribution in [1.82, 2.24) is 15.3 Å². The Balaban J connectivity index is 1.89. The summed E-state index contributed by atoms with van der Waals surface area (Å²) in [6.45, 7) is 0.118. The van der Waals surface area contributed by atoms with Gasteiger partial charge in [0.15, 0.2) is 0 Å². The molecule has 1 N–H and O–H groups in total. The van der Waals surface area contributed by atoms with E-state index in [1.165, 1.54) is 24.3 Å². The first-order valence-electron chi connectivity index (χ1n) is 9.10. The number of halogens is 2. The van der Waals surface area contributed by atoms with Crippen LogP contribution < -0.4 is 5.32 Å². The molecule has 0 bridgehead atoms. The van der Waals surface area contributed by atoms with Gasteiger partial charge in [-0.2, -0.15) is 0 Å². The maximum Gasteiger partial charge on any atom is 0.252 e. The van der Waals surface area contributed by atoms with Crippen molar-refractivity contribution in [3.8, 4) is 34.9 Å². The molecule has 4 aromatic rings. The summed E-state index contributed by atoms with van der Waals surface area (Å²) in [6.07, 6.45) is 5.18. The predicted molar refractivity (Wildman–Crippen MR) is 111 cm³/mol. The minimum absolute atomic E-state index is 0.118.